The maximum absolute atomic E-state index is 18.3. The second-order valence-corrected chi connectivity index (χ2v) is 25.0. The lowest BCUT2D eigenvalue weighted by atomic mass is 9.11. The van der Waals surface area contributed by atoms with Crippen LogP contribution in [0.15, 0.2) is 6.07 Å². The zero-order chi connectivity index (χ0) is 80.0. The van der Waals surface area contributed by atoms with Crippen LogP contribution in [0, 0.1) is 186 Å². The number of unbranched alkanes of at least 4 members (excludes halogenated alkanes) is 3. The summed E-state index contributed by atoms with van der Waals surface area (Å²) in [6.45, 7) is 0. The quantitative estimate of drug-likeness (QED) is 0.0293. The number of hydrogen-bond acceptors (Lipinski definition) is 0. The Morgan fingerprint density at radius 3 is 0.759 bits per heavy atom. The predicted octanol–water partition coefficient (Wildman–Crippen LogP) is 18.5. The Kier molecular flexibility index (Phi) is 19.2. The number of halogens is 38. The van der Waals surface area contributed by atoms with Crippen LogP contribution < -0.4 is 26.8 Å². The summed E-state index contributed by atoms with van der Waals surface area (Å²) in [5.41, 5.74) is -46.8. The predicted molar refractivity (Wildman–Crippen MR) is 298 cm³/mol. The Bertz CT molecular complexity index is 4950. The number of nitrogens with one attached hydrogen (secondary N) is 1. The summed E-state index contributed by atoms with van der Waals surface area (Å²) in [4.78, 5) is -1.32. The topological polar surface area (TPSA) is 4.44 Å². The van der Waals surface area contributed by atoms with Crippen LogP contribution in [-0.2, 0) is 25.7 Å². The van der Waals surface area contributed by atoms with E-state index in [1.165, 1.54) is 0 Å². The Balaban J connectivity index is 0.000000342. The molecule has 4 aliphatic carbocycles. The molecule has 108 heavy (non-hydrogen) atoms. The Morgan fingerprint density at radius 1 is 0.278 bits per heavy atom. The number of benzene rings is 9. The Labute approximate surface area is 575 Å². The largest absolute Gasteiger partial charge is 0.425 e. The molecule has 0 saturated carbocycles. The molecule has 0 saturated heterocycles. The zero-order valence-electron chi connectivity index (χ0n) is 52.2. The monoisotopic (exact) mass is 1590 g/mol. The number of fused-ring (bicyclic) bond motifs is 12. The number of quaternary nitrogens is 1. The first-order chi connectivity index (χ1) is 50.2. The Morgan fingerprint density at radius 2 is 0.500 bits per heavy atom. The first kappa shape index (κ1) is 77.9. The first-order valence-corrected chi connectivity index (χ1v) is 30.3. The van der Waals surface area contributed by atoms with Gasteiger partial charge in [-0.3, -0.25) is 0 Å². The molecule has 9 aromatic carbocycles. The lowest BCUT2D eigenvalue weighted by Crippen LogP contribution is -3.13. The second kappa shape index (κ2) is 26.6. The lowest BCUT2D eigenvalue weighted by Gasteiger charge is -2.49. The van der Waals surface area contributed by atoms with Crippen molar-refractivity contribution < 1.29 is 172 Å². The van der Waals surface area contributed by atoms with Gasteiger partial charge in [0.1, 0.15) is 29.4 Å². The maximum Gasteiger partial charge on any atom is 0.425 e. The van der Waals surface area contributed by atoms with Crippen molar-refractivity contribution in [3.8, 4) is 44.5 Å². The van der Waals surface area contributed by atoms with Crippen LogP contribution in [0.3, 0.4) is 0 Å². The van der Waals surface area contributed by atoms with Crippen molar-refractivity contribution in [2.24, 2.45) is 0 Å². The minimum absolute atomic E-state index is 0.0147. The van der Waals surface area contributed by atoms with E-state index in [2.05, 4.69) is 0 Å². The van der Waals surface area contributed by atoms with E-state index in [4.69, 9.17) is 0 Å². The van der Waals surface area contributed by atoms with Crippen molar-refractivity contribution >= 4 is 33.7 Å². The molecule has 0 heterocycles. The fraction of sp³-hybridized carbons (Fsp3) is 0.206. The SMILES string of the molecule is C[NH+](c1cc(F)c(F)c(F)c1F)C(F)(F)C(F)CCCCCCC(F)(F)F.Fc1c(F)c(F)c2c(c1F)Cc1c-2c(F)c(F)c(F)c1[B-](c1c(F)c(F)c(F)c2c1Cc1c(F)c(F)c(F)c(F)c1-2)(c1c(F)c(F)c(F)c2c1Cc1c(F)c(F)c(F)c(F)c1-2)c1c(F)c(F)c(F)c2c1Cc1c(F)c(F)c(F)c(F)c1-2. The van der Waals surface area contributed by atoms with Gasteiger partial charge in [0.15, 0.2) is 157 Å². The maximum atomic E-state index is 18.3. The zero-order valence-corrected chi connectivity index (χ0v) is 52.2. The molecular weight excluding hydrogens is 1560 g/mol. The molecule has 1 nitrogen and oxygen atoms in total. The van der Waals surface area contributed by atoms with Gasteiger partial charge in [-0.2, -0.15) is 39.4 Å². The molecule has 40 heteroatoms. The van der Waals surface area contributed by atoms with Crippen LogP contribution >= 0.6 is 0 Å². The highest BCUT2D eigenvalue weighted by atomic mass is 19.4. The molecule has 0 aliphatic heterocycles. The van der Waals surface area contributed by atoms with Gasteiger partial charge >= 0.3 is 12.2 Å². The molecule has 2 unspecified atom stereocenters. The van der Waals surface area contributed by atoms with Crippen molar-refractivity contribution in [3.63, 3.8) is 0 Å². The summed E-state index contributed by atoms with van der Waals surface area (Å²) in [7, 11) is 0.561. The molecule has 0 aromatic heterocycles. The van der Waals surface area contributed by atoms with Crippen LogP contribution in [0.2, 0.25) is 0 Å². The molecule has 9 aromatic rings. The van der Waals surface area contributed by atoms with Gasteiger partial charge in [-0.05, 0) is 38.5 Å². The van der Waals surface area contributed by atoms with Crippen LogP contribution in [-0.4, -0.2) is 31.6 Å². The van der Waals surface area contributed by atoms with E-state index >= 15 is 123 Å². The molecular formula is C68H26BF38N. The standard InChI is InChI=1S/C52H8BF28.C16H17F10N/c54-25-9-1-5-13(17(9)33(62)49(78)41(25)70)29(58)45(74)37(66)21(5)53(22-6-2-10-18(14(6)30(59)46(75)38(22)67)34(63)50(79)42(71)26(10)55,23-7-3-11-19(15(7)31(60)47(76)39(23)68)35(64)51(80)43(72)27(11)56)24-8-4-12-20(16(8)32(61)48(77)40(24)69)36(65)52(81)44(73)28(12)57;1-27(10-8-9(17)12(19)14(21)13(10)20)16(25,26)11(18)6-4-2-3-5-7-15(22,23)24/h1-4H2;8,11H,2-7H2,1H3/q-1;/p+1. The molecule has 0 radical (unpaired) electrons. The molecule has 0 amide bonds. The summed E-state index contributed by atoms with van der Waals surface area (Å²) in [5, 5.41) is 0. The second-order valence-electron chi connectivity index (χ2n) is 25.0. The van der Waals surface area contributed by atoms with Gasteiger partial charge in [0.05, 0.1) is 7.05 Å². The van der Waals surface area contributed by atoms with E-state index in [-0.39, 0.29) is 31.7 Å². The van der Waals surface area contributed by atoms with Gasteiger partial charge in [-0.25, -0.2) is 145 Å². The summed E-state index contributed by atoms with van der Waals surface area (Å²) >= 11 is 0. The summed E-state index contributed by atoms with van der Waals surface area (Å²) in [6, 6.07) is -4.29. The summed E-state index contributed by atoms with van der Waals surface area (Å²) in [6.07, 6.45) is -25.2. The average molecular weight is 1590 g/mol. The van der Waals surface area contributed by atoms with Gasteiger partial charge < -0.3 is 0 Å². The highest BCUT2D eigenvalue weighted by Gasteiger charge is 2.56. The Hall–Kier alpha value is -9.66. The van der Waals surface area contributed by atoms with E-state index in [0.29, 0.717) is 7.05 Å². The molecule has 1 N–H and O–H groups in total. The van der Waals surface area contributed by atoms with Crippen LogP contribution in [0.25, 0.3) is 44.5 Å². The molecule has 0 fully saturated rings. The fourth-order valence-electron chi connectivity index (χ4n) is 14.9. The summed E-state index contributed by atoms with van der Waals surface area (Å²) in [5.74, 6) is -93.9. The first-order valence-electron chi connectivity index (χ1n) is 30.3. The van der Waals surface area contributed by atoms with Crippen molar-refractivity contribution in [1.82, 2.24) is 0 Å². The van der Waals surface area contributed by atoms with Gasteiger partial charge in [0.25, 0.3) is 0 Å². The van der Waals surface area contributed by atoms with Crippen molar-refractivity contribution in [3.05, 3.63) is 237 Å². The lowest BCUT2D eigenvalue weighted by molar-refractivity contribution is -0.920. The third kappa shape index (κ3) is 10.8. The van der Waals surface area contributed by atoms with Crippen molar-refractivity contribution in [1.29, 1.82) is 0 Å². The average Bonchev–Trinajstić information content (AvgIpc) is 1.27. The fourth-order valence-corrected chi connectivity index (χ4v) is 14.9. The van der Waals surface area contributed by atoms with Crippen LogP contribution in [0.1, 0.15) is 83.0 Å². The third-order valence-electron chi connectivity index (χ3n) is 19.5. The third-order valence-corrected chi connectivity index (χ3v) is 19.5. The molecule has 572 valence electrons. The smallest absolute Gasteiger partial charge is 0.239 e. The van der Waals surface area contributed by atoms with Crippen molar-refractivity contribution in [2.45, 2.75) is 82.6 Å². The van der Waals surface area contributed by atoms with Crippen LogP contribution in [0.4, 0.5) is 173 Å². The number of rotatable bonds is 13. The number of hydrogen-bond donors (Lipinski definition) is 1. The normalized spacial score (nSPS) is 13.9. The minimum atomic E-state index is -6.96. The van der Waals surface area contributed by atoms with E-state index in [9.17, 15) is 43.9 Å². The van der Waals surface area contributed by atoms with E-state index in [0.717, 1.165) is 0 Å². The van der Waals surface area contributed by atoms with E-state index in [1.54, 1.807) is 0 Å². The van der Waals surface area contributed by atoms with Gasteiger partial charge in [0.2, 0.25) is 17.8 Å². The molecule has 13 rings (SSSR count). The minimum Gasteiger partial charge on any atom is -0.239 e. The highest BCUT2D eigenvalue weighted by molar-refractivity contribution is 7.21. The summed E-state index contributed by atoms with van der Waals surface area (Å²) < 4.78 is 589. The van der Waals surface area contributed by atoms with E-state index < -0.39 is 371 Å². The van der Waals surface area contributed by atoms with Gasteiger partial charge in [0, 0.05) is 79.2 Å². The molecule has 0 spiro atoms. The molecule has 4 aliphatic rings. The van der Waals surface area contributed by atoms with Gasteiger partial charge in [-0.15, -0.1) is 8.78 Å². The highest BCUT2D eigenvalue weighted by Crippen LogP contribution is 2.52. The van der Waals surface area contributed by atoms with Crippen molar-refractivity contribution in [2.75, 3.05) is 7.05 Å². The molecule has 0 bridgehead atoms. The van der Waals surface area contributed by atoms with Crippen LogP contribution in [0.5, 0.6) is 0 Å². The van der Waals surface area contributed by atoms with Gasteiger partial charge in [-0.1, -0.05) is 41.5 Å². The van der Waals surface area contributed by atoms with E-state index in [1.807, 2.05) is 0 Å². The molecule has 2 atom stereocenters. The number of alkyl halides is 6.